The smallest absolute Gasteiger partial charge is 0.409 e. The maximum atomic E-state index is 12.0. The molecule has 0 bridgehead atoms. The van der Waals surface area contributed by atoms with Crippen LogP contribution in [0.5, 0.6) is 0 Å². The van der Waals surface area contributed by atoms with Gasteiger partial charge in [0, 0.05) is 31.7 Å². The number of carbonyl (C=O) groups is 1. The van der Waals surface area contributed by atoms with Crippen LogP contribution in [0.25, 0.3) is 17.1 Å². The van der Waals surface area contributed by atoms with Crippen LogP contribution in [0.4, 0.5) is 10.5 Å². The minimum Gasteiger partial charge on any atom is -0.450 e. The Labute approximate surface area is 180 Å². The van der Waals surface area contributed by atoms with Crippen molar-refractivity contribution in [2.75, 3.05) is 32.8 Å². The molecule has 1 fully saturated rings. The molecule has 158 valence electrons. The molecule has 0 aliphatic carbocycles. The number of carbonyl (C=O) groups excluding carboxylic acids is 1. The van der Waals surface area contributed by atoms with E-state index in [2.05, 4.69) is 25.7 Å². The number of amidine groups is 1. The number of benzene rings is 2. The van der Waals surface area contributed by atoms with Gasteiger partial charge in [-0.2, -0.15) is 0 Å². The quantitative estimate of drug-likeness (QED) is 0.641. The molecule has 1 amide bonds. The Morgan fingerprint density at radius 2 is 1.71 bits per heavy atom. The lowest BCUT2D eigenvalue weighted by Crippen LogP contribution is -2.51. The van der Waals surface area contributed by atoms with Crippen molar-refractivity contribution in [1.29, 1.82) is 0 Å². The van der Waals surface area contributed by atoms with Crippen LogP contribution in [0.1, 0.15) is 12.7 Å². The van der Waals surface area contributed by atoms with Crippen molar-refractivity contribution in [2.24, 2.45) is 4.99 Å². The normalized spacial score (nSPS) is 15.6. The summed E-state index contributed by atoms with van der Waals surface area (Å²) in [7, 11) is 0. The maximum Gasteiger partial charge on any atom is 0.409 e. The first kappa shape index (κ1) is 19.3. The zero-order valence-corrected chi connectivity index (χ0v) is 17.4. The van der Waals surface area contributed by atoms with Gasteiger partial charge < -0.3 is 14.5 Å². The van der Waals surface area contributed by atoms with Gasteiger partial charge in [0.15, 0.2) is 5.82 Å². The molecule has 2 aliphatic rings. The number of aromatic nitrogens is 3. The summed E-state index contributed by atoms with van der Waals surface area (Å²) < 4.78 is 7.24. The zero-order valence-electron chi connectivity index (χ0n) is 17.4. The molecule has 1 saturated heterocycles. The van der Waals surface area contributed by atoms with E-state index in [0.29, 0.717) is 39.2 Å². The number of fused-ring (bicyclic) bond motifs is 3. The summed E-state index contributed by atoms with van der Waals surface area (Å²) in [4.78, 5) is 21.0. The molecule has 2 aliphatic heterocycles. The van der Waals surface area contributed by atoms with Crippen LogP contribution in [0.15, 0.2) is 59.6 Å². The Kier molecular flexibility index (Phi) is 5.11. The molecule has 0 atom stereocenters. The van der Waals surface area contributed by atoms with Crippen molar-refractivity contribution in [2.45, 2.75) is 13.3 Å². The van der Waals surface area contributed by atoms with Gasteiger partial charge in [0.05, 0.1) is 24.4 Å². The molecule has 8 heteroatoms. The standard InChI is InChI=1S/C23H24N6O2/c1-2-31-23(30)28-14-12-27(13-15-28)20-16-21-25-26-22(17-8-4-3-5-9-17)29(21)19-11-7-6-10-18(19)24-20/h3-11H,2,12-16H2,1H3. The average molecular weight is 416 g/mol. The van der Waals surface area contributed by atoms with Crippen molar-refractivity contribution in [3.63, 3.8) is 0 Å². The first-order valence-corrected chi connectivity index (χ1v) is 10.6. The van der Waals surface area contributed by atoms with Crippen LogP contribution in [-0.2, 0) is 11.2 Å². The molecule has 0 radical (unpaired) electrons. The third-order valence-electron chi connectivity index (χ3n) is 5.62. The Bertz CT molecular complexity index is 1120. The van der Waals surface area contributed by atoms with E-state index in [9.17, 15) is 4.79 Å². The fraction of sp³-hybridized carbons (Fsp3) is 0.304. The Balaban J connectivity index is 1.47. The second-order valence-electron chi connectivity index (χ2n) is 7.51. The molecule has 8 nitrogen and oxygen atoms in total. The SMILES string of the molecule is CCOC(=O)N1CCN(C2=Nc3ccccc3-n3c(nnc3-c3ccccc3)C2)CC1. The fourth-order valence-electron chi connectivity index (χ4n) is 4.07. The van der Waals surface area contributed by atoms with E-state index in [1.165, 1.54) is 0 Å². The number of aliphatic imine (C=N–C) groups is 1. The lowest BCUT2D eigenvalue weighted by Gasteiger charge is -2.35. The second-order valence-corrected chi connectivity index (χ2v) is 7.51. The van der Waals surface area contributed by atoms with Gasteiger partial charge in [-0.05, 0) is 19.1 Å². The summed E-state index contributed by atoms with van der Waals surface area (Å²) in [6.07, 6.45) is 0.330. The zero-order chi connectivity index (χ0) is 21.2. The molecule has 3 heterocycles. The number of ether oxygens (including phenoxy) is 1. The molecular formula is C23H24N6O2. The van der Waals surface area contributed by atoms with E-state index >= 15 is 0 Å². The highest BCUT2D eigenvalue weighted by Gasteiger charge is 2.28. The molecule has 2 aromatic carbocycles. The average Bonchev–Trinajstić information content (AvgIpc) is 3.15. The van der Waals surface area contributed by atoms with Gasteiger partial charge >= 0.3 is 6.09 Å². The summed E-state index contributed by atoms with van der Waals surface area (Å²) in [5.74, 6) is 2.61. The first-order chi connectivity index (χ1) is 15.2. The summed E-state index contributed by atoms with van der Waals surface area (Å²) in [5.41, 5.74) is 2.88. The lowest BCUT2D eigenvalue weighted by molar-refractivity contribution is 0.0917. The molecule has 31 heavy (non-hydrogen) atoms. The fourth-order valence-corrected chi connectivity index (χ4v) is 4.07. The van der Waals surface area contributed by atoms with Gasteiger partial charge in [0.2, 0.25) is 0 Å². The number of piperazine rings is 1. The van der Waals surface area contributed by atoms with Crippen LogP contribution in [-0.4, -0.2) is 69.3 Å². The second kappa shape index (κ2) is 8.22. The minimum atomic E-state index is -0.248. The monoisotopic (exact) mass is 416 g/mol. The molecule has 0 unspecified atom stereocenters. The van der Waals surface area contributed by atoms with Gasteiger partial charge in [-0.15, -0.1) is 10.2 Å². The third kappa shape index (κ3) is 3.65. The molecule has 3 aromatic rings. The van der Waals surface area contributed by atoms with Gasteiger partial charge in [0.25, 0.3) is 0 Å². The molecule has 5 rings (SSSR count). The van der Waals surface area contributed by atoms with Gasteiger partial charge in [-0.1, -0.05) is 42.5 Å². The van der Waals surface area contributed by atoms with Crippen molar-refractivity contribution < 1.29 is 9.53 Å². The molecule has 0 spiro atoms. The van der Waals surface area contributed by atoms with Crippen LogP contribution in [0.2, 0.25) is 0 Å². The van der Waals surface area contributed by atoms with Crippen LogP contribution in [0, 0.1) is 0 Å². The van der Waals surface area contributed by atoms with Crippen LogP contribution >= 0.6 is 0 Å². The van der Waals surface area contributed by atoms with Crippen LogP contribution in [0.3, 0.4) is 0 Å². The van der Waals surface area contributed by atoms with Gasteiger partial charge in [-0.3, -0.25) is 4.57 Å². The van der Waals surface area contributed by atoms with Crippen molar-refractivity contribution >= 4 is 17.6 Å². The minimum absolute atomic E-state index is 0.248. The molecule has 1 aromatic heterocycles. The lowest BCUT2D eigenvalue weighted by atomic mass is 10.2. The van der Waals surface area contributed by atoms with E-state index in [1.54, 1.807) is 4.90 Å². The van der Waals surface area contributed by atoms with E-state index in [-0.39, 0.29) is 6.09 Å². The number of nitrogens with zero attached hydrogens (tertiary/aromatic N) is 6. The predicted molar refractivity (Wildman–Crippen MR) is 118 cm³/mol. The van der Waals surface area contributed by atoms with E-state index in [0.717, 1.165) is 34.4 Å². The van der Waals surface area contributed by atoms with E-state index < -0.39 is 0 Å². The number of rotatable bonds is 2. The number of para-hydroxylation sites is 2. The molecule has 0 N–H and O–H groups in total. The maximum absolute atomic E-state index is 12.0. The van der Waals surface area contributed by atoms with E-state index in [4.69, 9.17) is 9.73 Å². The first-order valence-electron chi connectivity index (χ1n) is 10.6. The Morgan fingerprint density at radius 3 is 2.48 bits per heavy atom. The highest BCUT2D eigenvalue weighted by molar-refractivity contribution is 5.89. The van der Waals surface area contributed by atoms with Crippen LogP contribution < -0.4 is 0 Å². The molecular weight excluding hydrogens is 392 g/mol. The third-order valence-corrected chi connectivity index (χ3v) is 5.62. The van der Waals surface area contributed by atoms with Crippen molar-refractivity contribution in [1.82, 2.24) is 24.6 Å². The topological polar surface area (TPSA) is 75.8 Å². The van der Waals surface area contributed by atoms with Crippen molar-refractivity contribution in [3.05, 3.63) is 60.4 Å². The summed E-state index contributed by atoms with van der Waals surface area (Å²) >= 11 is 0. The highest BCUT2D eigenvalue weighted by Crippen LogP contribution is 2.32. The van der Waals surface area contributed by atoms with Gasteiger partial charge in [-0.25, -0.2) is 9.79 Å². The largest absolute Gasteiger partial charge is 0.450 e. The molecule has 0 saturated carbocycles. The van der Waals surface area contributed by atoms with E-state index in [1.807, 2.05) is 55.5 Å². The number of hydrogen-bond acceptors (Lipinski definition) is 6. The summed E-state index contributed by atoms with van der Waals surface area (Å²) in [6.45, 7) is 4.86. The number of amides is 1. The Morgan fingerprint density at radius 1 is 0.968 bits per heavy atom. The van der Waals surface area contributed by atoms with Gasteiger partial charge in [0.1, 0.15) is 11.7 Å². The Hall–Kier alpha value is -3.68. The summed E-state index contributed by atoms with van der Waals surface area (Å²) in [6, 6.07) is 18.2. The number of hydrogen-bond donors (Lipinski definition) is 0. The predicted octanol–water partition coefficient (Wildman–Crippen LogP) is 3.29. The highest BCUT2D eigenvalue weighted by atomic mass is 16.6. The van der Waals surface area contributed by atoms with Crippen molar-refractivity contribution in [3.8, 4) is 17.1 Å². The summed E-state index contributed by atoms with van der Waals surface area (Å²) in [5, 5.41) is 9.04.